The Morgan fingerprint density at radius 3 is 2.67 bits per heavy atom. The first-order valence-electron chi connectivity index (χ1n) is 5.33. The maximum Gasteiger partial charge on any atom is 0.250 e. The minimum absolute atomic E-state index is 0.0198. The van der Waals surface area contributed by atoms with Crippen molar-refractivity contribution in [2.75, 3.05) is 20.3 Å². The molecule has 0 aliphatic carbocycles. The second-order valence-electron chi connectivity index (χ2n) is 3.39. The summed E-state index contributed by atoms with van der Waals surface area (Å²) in [5, 5.41) is 11.0. The van der Waals surface area contributed by atoms with Crippen molar-refractivity contribution in [1.82, 2.24) is 5.32 Å². The number of rotatable bonds is 5. The summed E-state index contributed by atoms with van der Waals surface area (Å²) in [7, 11) is 1.57. The fraction of sp³-hybridized carbons (Fsp3) is 0.231. The molecule has 2 N–H and O–H groups in total. The second-order valence-corrected chi connectivity index (χ2v) is 3.39. The molecular weight excluding hydrogens is 232 g/mol. The molecular formula is C13H14N2O3. The van der Waals surface area contributed by atoms with Gasteiger partial charge in [-0.2, -0.15) is 0 Å². The van der Waals surface area contributed by atoms with Gasteiger partial charge in [-0.1, -0.05) is 12.1 Å². The fourth-order valence-corrected chi connectivity index (χ4v) is 1.27. The highest BCUT2D eigenvalue weighted by Crippen LogP contribution is 2.14. The summed E-state index contributed by atoms with van der Waals surface area (Å²) in [5.74, 6) is 0.219. The summed E-state index contributed by atoms with van der Waals surface area (Å²) in [6.07, 6.45) is 1.49. The van der Waals surface area contributed by atoms with Crippen molar-refractivity contribution in [2.45, 2.75) is 0 Å². The summed E-state index contributed by atoms with van der Waals surface area (Å²) >= 11 is 0. The zero-order valence-electron chi connectivity index (χ0n) is 10.0. The number of nitrogens with one attached hydrogen (secondary N) is 1. The Morgan fingerprint density at radius 1 is 1.50 bits per heavy atom. The van der Waals surface area contributed by atoms with Crippen LogP contribution in [0.5, 0.6) is 5.75 Å². The molecule has 18 heavy (non-hydrogen) atoms. The molecule has 0 unspecified atom stereocenters. The topological polar surface area (TPSA) is 62.9 Å². The Bertz CT molecular complexity index is 472. The SMILES string of the molecule is [C-]#[N+]/C(=C\c1ccc(OC)cc1)C(=O)NCCO. The predicted molar refractivity (Wildman–Crippen MR) is 67.7 cm³/mol. The number of ether oxygens (including phenoxy) is 1. The van der Waals surface area contributed by atoms with Gasteiger partial charge in [-0.05, 0) is 23.8 Å². The van der Waals surface area contributed by atoms with E-state index in [2.05, 4.69) is 10.2 Å². The van der Waals surface area contributed by atoms with Gasteiger partial charge >= 0.3 is 0 Å². The lowest BCUT2D eigenvalue weighted by molar-refractivity contribution is -0.117. The molecule has 1 rings (SSSR count). The van der Waals surface area contributed by atoms with Crippen LogP contribution in [0.2, 0.25) is 0 Å². The van der Waals surface area contributed by atoms with Crippen molar-refractivity contribution in [3.63, 3.8) is 0 Å². The molecule has 1 amide bonds. The summed E-state index contributed by atoms with van der Waals surface area (Å²) in [4.78, 5) is 14.7. The normalized spacial score (nSPS) is 10.6. The van der Waals surface area contributed by atoms with Crippen molar-refractivity contribution in [2.24, 2.45) is 0 Å². The third-order valence-corrected chi connectivity index (χ3v) is 2.17. The molecule has 0 saturated heterocycles. The van der Waals surface area contributed by atoms with Crippen LogP contribution in [0.1, 0.15) is 5.56 Å². The van der Waals surface area contributed by atoms with E-state index in [1.807, 2.05) is 0 Å². The van der Waals surface area contributed by atoms with E-state index in [-0.39, 0.29) is 18.8 Å². The maximum absolute atomic E-state index is 11.5. The first kappa shape index (κ1) is 13.7. The average molecular weight is 246 g/mol. The molecule has 94 valence electrons. The van der Waals surface area contributed by atoms with Gasteiger partial charge in [0.1, 0.15) is 5.75 Å². The van der Waals surface area contributed by atoms with Gasteiger partial charge in [-0.3, -0.25) is 4.79 Å². The second kappa shape index (κ2) is 7.09. The van der Waals surface area contributed by atoms with Gasteiger partial charge in [0.15, 0.2) is 0 Å². The van der Waals surface area contributed by atoms with E-state index in [4.69, 9.17) is 16.4 Å². The van der Waals surface area contributed by atoms with Crippen LogP contribution < -0.4 is 10.1 Å². The van der Waals surface area contributed by atoms with Crippen molar-refractivity contribution in [1.29, 1.82) is 0 Å². The van der Waals surface area contributed by atoms with Crippen LogP contribution in [0.25, 0.3) is 10.9 Å². The van der Waals surface area contributed by atoms with Crippen LogP contribution in [-0.2, 0) is 4.79 Å². The average Bonchev–Trinajstić information content (AvgIpc) is 2.42. The standard InChI is InChI=1S/C13H14N2O3/c1-14-12(13(17)15-7-8-16)9-10-3-5-11(18-2)6-4-10/h3-6,9,16H,7-8H2,2H3,(H,15,17)/b12-9-. The zero-order valence-corrected chi connectivity index (χ0v) is 10.0. The van der Waals surface area contributed by atoms with E-state index >= 15 is 0 Å². The molecule has 0 atom stereocenters. The molecule has 1 aromatic carbocycles. The minimum Gasteiger partial charge on any atom is -0.497 e. The van der Waals surface area contributed by atoms with Crippen molar-refractivity contribution in [3.8, 4) is 5.75 Å². The van der Waals surface area contributed by atoms with Crippen molar-refractivity contribution >= 4 is 12.0 Å². The Morgan fingerprint density at radius 2 is 2.17 bits per heavy atom. The Hall–Kier alpha value is -2.32. The van der Waals surface area contributed by atoms with Crippen LogP contribution in [0, 0.1) is 6.57 Å². The lowest BCUT2D eigenvalue weighted by Gasteiger charge is -2.02. The number of hydrogen-bond donors (Lipinski definition) is 2. The molecule has 0 saturated carbocycles. The van der Waals surface area contributed by atoms with E-state index in [9.17, 15) is 4.79 Å². The molecule has 0 heterocycles. The number of aliphatic hydroxyl groups excluding tert-OH is 1. The van der Waals surface area contributed by atoms with Gasteiger partial charge in [0, 0.05) is 6.54 Å². The van der Waals surface area contributed by atoms with Gasteiger partial charge in [0.05, 0.1) is 20.3 Å². The first-order valence-corrected chi connectivity index (χ1v) is 5.33. The van der Waals surface area contributed by atoms with Gasteiger partial charge in [0.2, 0.25) is 5.91 Å². The highest BCUT2D eigenvalue weighted by molar-refractivity contribution is 5.99. The minimum atomic E-state index is -0.491. The van der Waals surface area contributed by atoms with Crippen LogP contribution in [0.15, 0.2) is 30.0 Å². The highest BCUT2D eigenvalue weighted by Gasteiger charge is 2.08. The zero-order chi connectivity index (χ0) is 13.4. The largest absolute Gasteiger partial charge is 0.497 e. The fourth-order valence-electron chi connectivity index (χ4n) is 1.27. The molecule has 5 heteroatoms. The third-order valence-electron chi connectivity index (χ3n) is 2.17. The molecule has 0 fully saturated rings. The molecule has 0 aliphatic rings. The molecule has 0 bridgehead atoms. The van der Waals surface area contributed by atoms with Crippen LogP contribution >= 0.6 is 0 Å². The van der Waals surface area contributed by atoms with E-state index in [1.54, 1.807) is 31.4 Å². The molecule has 0 aromatic heterocycles. The third kappa shape index (κ3) is 3.92. The summed E-state index contributed by atoms with van der Waals surface area (Å²) < 4.78 is 5.01. The number of carbonyl (C=O) groups is 1. The van der Waals surface area contributed by atoms with E-state index in [0.29, 0.717) is 5.75 Å². The Balaban J connectivity index is 2.83. The van der Waals surface area contributed by atoms with Crippen LogP contribution in [-0.4, -0.2) is 31.3 Å². The molecule has 0 aliphatic heterocycles. The van der Waals surface area contributed by atoms with Gasteiger partial charge in [0.25, 0.3) is 5.70 Å². The lowest BCUT2D eigenvalue weighted by Crippen LogP contribution is -2.26. The van der Waals surface area contributed by atoms with Gasteiger partial charge in [-0.25, -0.2) is 4.85 Å². The summed E-state index contributed by atoms with van der Waals surface area (Å²) in [6, 6.07) is 7.00. The van der Waals surface area contributed by atoms with E-state index in [0.717, 1.165) is 5.56 Å². The quantitative estimate of drug-likeness (QED) is 0.603. The first-order chi connectivity index (χ1) is 8.71. The Kier molecular flexibility index (Phi) is 5.42. The van der Waals surface area contributed by atoms with E-state index < -0.39 is 5.91 Å². The van der Waals surface area contributed by atoms with Crippen LogP contribution in [0.3, 0.4) is 0 Å². The molecule has 1 aromatic rings. The maximum atomic E-state index is 11.5. The highest BCUT2D eigenvalue weighted by atomic mass is 16.5. The number of nitrogens with zero attached hydrogens (tertiary/aromatic N) is 1. The number of carbonyl (C=O) groups excluding carboxylic acids is 1. The van der Waals surface area contributed by atoms with Gasteiger partial charge in [-0.15, -0.1) is 0 Å². The van der Waals surface area contributed by atoms with Crippen molar-refractivity contribution in [3.05, 3.63) is 46.9 Å². The smallest absolute Gasteiger partial charge is 0.250 e. The van der Waals surface area contributed by atoms with E-state index in [1.165, 1.54) is 6.08 Å². The molecule has 0 spiro atoms. The number of hydrogen-bond acceptors (Lipinski definition) is 3. The van der Waals surface area contributed by atoms with Gasteiger partial charge < -0.3 is 15.2 Å². The number of benzene rings is 1. The van der Waals surface area contributed by atoms with Crippen LogP contribution in [0.4, 0.5) is 0 Å². The van der Waals surface area contributed by atoms with Crippen molar-refractivity contribution < 1.29 is 14.6 Å². The monoisotopic (exact) mass is 246 g/mol. The molecule has 0 radical (unpaired) electrons. The number of aliphatic hydroxyl groups is 1. The Labute approximate surface area is 106 Å². The lowest BCUT2D eigenvalue weighted by atomic mass is 10.2. The number of methoxy groups -OCH3 is 1. The predicted octanol–water partition coefficient (Wildman–Crippen LogP) is 1.06. The summed E-state index contributed by atoms with van der Waals surface area (Å²) in [5.41, 5.74) is 0.717. The summed E-state index contributed by atoms with van der Waals surface area (Å²) in [6.45, 7) is 6.94. The number of amides is 1. The molecule has 5 nitrogen and oxygen atoms in total.